The van der Waals surface area contributed by atoms with Crippen molar-refractivity contribution in [2.24, 2.45) is 11.8 Å². The molecule has 0 spiro atoms. The lowest BCUT2D eigenvalue weighted by Crippen LogP contribution is -2.50. The molecule has 116 valence electrons. The second-order valence-corrected chi connectivity index (χ2v) is 5.28. The Bertz CT molecular complexity index is 512. The van der Waals surface area contributed by atoms with E-state index in [2.05, 4.69) is 4.74 Å². The highest BCUT2D eigenvalue weighted by atomic mass is 19.4. The van der Waals surface area contributed by atoms with Gasteiger partial charge in [-0.3, -0.25) is 9.69 Å². The van der Waals surface area contributed by atoms with Crippen LogP contribution in [0.4, 0.5) is 13.2 Å². The molecule has 1 aromatic carbocycles. The molecule has 1 heterocycles. The Morgan fingerprint density at radius 3 is 2.71 bits per heavy atom. The minimum absolute atomic E-state index is 0.0945. The molecule has 0 aliphatic carbocycles. The zero-order chi connectivity index (χ0) is 15.6. The van der Waals surface area contributed by atoms with E-state index < -0.39 is 18.2 Å². The first-order chi connectivity index (χ1) is 9.74. The molecule has 2 rings (SSSR count). The normalized spacial score (nSPS) is 18.1. The first kappa shape index (κ1) is 15.6. The Morgan fingerprint density at radius 1 is 1.48 bits per heavy atom. The summed E-state index contributed by atoms with van der Waals surface area (Å²) in [7, 11) is 0. The lowest BCUT2D eigenvalue weighted by molar-refractivity contribution is -0.274. The Hall–Kier alpha value is -1.76. The Morgan fingerprint density at radius 2 is 2.14 bits per heavy atom. The van der Waals surface area contributed by atoms with Gasteiger partial charge in [-0.25, -0.2) is 0 Å². The minimum Gasteiger partial charge on any atom is -0.481 e. The molecule has 1 aliphatic rings. The standard InChI is InChI=1S/C14H16F3NO3/c1-9(13(19)20)11-7-18(8-11)6-10-3-2-4-12(5-10)21-14(15,16)17/h2-5,9,11H,6-8H2,1H3,(H,19,20). The van der Waals surface area contributed by atoms with Crippen LogP contribution in [0.25, 0.3) is 0 Å². The Kier molecular flexibility index (Phi) is 4.41. The maximum atomic E-state index is 12.1. The number of halogens is 3. The average Bonchev–Trinajstić information content (AvgIpc) is 2.30. The highest BCUT2D eigenvalue weighted by Gasteiger charge is 2.34. The number of nitrogens with zero attached hydrogens (tertiary/aromatic N) is 1. The monoisotopic (exact) mass is 303 g/mol. The molecular formula is C14H16F3NO3. The quantitative estimate of drug-likeness (QED) is 0.908. The number of likely N-dealkylation sites (tertiary alicyclic amines) is 1. The zero-order valence-corrected chi connectivity index (χ0v) is 11.4. The number of carboxylic acids is 1. The molecule has 0 amide bonds. The topological polar surface area (TPSA) is 49.8 Å². The lowest BCUT2D eigenvalue weighted by Gasteiger charge is -2.41. The van der Waals surface area contributed by atoms with Crippen molar-refractivity contribution < 1.29 is 27.8 Å². The molecule has 0 radical (unpaired) electrons. The zero-order valence-electron chi connectivity index (χ0n) is 11.4. The molecule has 1 N–H and O–H groups in total. The van der Waals surface area contributed by atoms with E-state index in [4.69, 9.17) is 5.11 Å². The van der Waals surface area contributed by atoms with Gasteiger partial charge in [0, 0.05) is 19.6 Å². The molecular weight excluding hydrogens is 287 g/mol. The van der Waals surface area contributed by atoms with Gasteiger partial charge in [0.15, 0.2) is 0 Å². The van der Waals surface area contributed by atoms with Crippen molar-refractivity contribution in [2.75, 3.05) is 13.1 Å². The van der Waals surface area contributed by atoms with Crippen molar-refractivity contribution in [2.45, 2.75) is 19.8 Å². The van der Waals surface area contributed by atoms with Crippen LogP contribution in [0.1, 0.15) is 12.5 Å². The summed E-state index contributed by atoms with van der Waals surface area (Å²) in [5.41, 5.74) is 0.707. The first-order valence-electron chi connectivity index (χ1n) is 6.54. The summed E-state index contributed by atoms with van der Waals surface area (Å²) in [5.74, 6) is -1.37. The van der Waals surface area contributed by atoms with Gasteiger partial charge in [0.1, 0.15) is 5.75 Å². The van der Waals surface area contributed by atoms with Crippen LogP contribution in [0, 0.1) is 11.8 Å². The third-order valence-corrected chi connectivity index (χ3v) is 3.62. The van der Waals surface area contributed by atoms with Gasteiger partial charge >= 0.3 is 12.3 Å². The van der Waals surface area contributed by atoms with Gasteiger partial charge < -0.3 is 9.84 Å². The predicted octanol–water partition coefficient (Wildman–Crippen LogP) is 2.74. The van der Waals surface area contributed by atoms with Crippen molar-refractivity contribution in [3.8, 4) is 5.75 Å². The Balaban J connectivity index is 1.88. The van der Waals surface area contributed by atoms with Gasteiger partial charge in [-0.05, 0) is 23.6 Å². The third-order valence-electron chi connectivity index (χ3n) is 3.62. The van der Waals surface area contributed by atoms with Crippen molar-refractivity contribution in [1.82, 2.24) is 4.90 Å². The SMILES string of the molecule is CC(C(=O)O)C1CN(Cc2cccc(OC(F)(F)F)c2)C1. The van der Waals surface area contributed by atoms with E-state index in [-0.39, 0.29) is 11.7 Å². The fraction of sp³-hybridized carbons (Fsp3) is 0.500. The summed E-state index contributed by atoms with van der Waals surface area (Å²) in [6.45, 7) is 3.43. The number of benzene rings is 1. The van der Waals surface area contributed by atoms with Crippen molar-refractivity contribution in [3.63, 3.8) is 0 Å². The number of aliphatic carboxylic acids is 1. The molecule has 1 fully saturated rings. The van der Waals surface area contributed by atoms with Crippen molar-refractivity contribution >= 4 is 5.97 Å². The molecule has 0 saturated carbocycles. The minimum atomic E-state index is -4.70. The van der Waals surface area contributed by atoms with E-state index in [0.717, 1.165) is 0 Å². The Labute approximate surface area is 120 Å². The van der Waals surface area contributed by atoms with Crippen molar-refractivity contribution in [1.29, 1.82) is 0 Å². The highest BCUT2D eigenvalue weighted by Crippen LogP contribution is 2.27. The highest BCUT2D eigenvalue weighted by molar-refractivity contribution is 5.70. The summed E-state index contributed by atoms with van der Waals surface area (Å²) >= 11 is 0. The van der Waals surface area contributed by atoms with E-state index in [1.807, 2.05) is 4.90 Å². The number of carboxylic acid groups (broad SMARTS) is 1. The molecule has 0 bridgehead atoms. The fourth-order valence-corrected chi connectivity index (χ4v) is 2.36. The second kappa shape index (κ2) is 5.93. The number of ether oxygens (including phenoxy) is 1. The molecule has 1 atom stereocenters. The van der Waals surface area contributed by atoms with Gasteiger partial charge in [-0.2, -0.15) is 0 Å². The van der Waals surface area contributed by atoms with Crippen LogP contribution in [0.2, 0.25) is 0 Å². The van der Waals surface area contributed by atoms with Crippen LogP contribution in [0.15, 0.2) is 24.3 Å². The average molecular weight is 303 g/mol. The van der Waals surface area contributed by atoms with Crippen molar-refractivity contribution in [3.05, 3.63) is 29.8 Å². The number of alkyl halides is 3. The maximum Gasteiger partial charge on any atom is 0.573 e. The van der Waals surface area contributed by atoms with Crippen LogP contribution in [-0.2, 0) is 11.3 Å². The van der Waals surface area contributed by atoms with Crippen LogP contribution >= 0.6 is 0 Å². The molecule has 1 aromatic rings. The predicted molar refractivity (Wildman–Crippen MR) is 68.7 cm³/mol. The van der Waals surface area contributed by atoms with E-state index in [1.54, 1.807) is 13.0 Å². The summed E-state index contributed by atoms with van der Waals surface area (Å²) in [5, 5.41) is 8.90. The maximum absolute atomic E-state index is 12.1. The molecule has 1 saturated heterocycles. The van der Waals surface area contributed by atoms with E-state index in [0.29, 0.717) is 25.2 Å². The van der Waals surface area contributed by atoms with Crippen LogP contribution in [0.3, 0.4) is 0 Å². The number of rotatable bonds is 5. The molecule has 7 heteroatoms. The summed E-state index contributed by atoms with van der Waals surface area (Å²) in [6.07, 6.45) is -4.70. The molecule has 21 heavy (non-hydrogen) atoms. The van der Waals surface area contributed by atoms with E-state index >= 15 is 0 Å². The smallest absolute Gasteiger partial charge is 0.481 e. The number of hydrogen-bond acceptors (Lipinski definition) is 3. The summed E-state index contributed by atoms with van der Waals surface area (Å²) in [4.78, 5) is 12.8. The summed E-state index contributed by atoms with van der Waals surface area (Å²) < 4.78 is 40.3. The number of carbonyl (C=O) groups is 1. The van der Waals surface area contributed by atoms with E-state index in [9.17, 15) is 18.0 Å². The van der Waals surface area contributed by atoms with Gasteiger partial charge in [0.05, 0.1) is 5.92 Å². The fourth-order valence-electron chi connectivity index (χ4n) is 2.36. The van der Waals surface area contributed by atoms with E-state index in [1.165, 1.54) is 18.2 Å². The van der Waals surface area contributed by atoms with Crippen LogP contribution < -0.4 is 4.74 Å². The molecule has 1 aliphatic heterocycles. The van der Waals surface area contributed by atoms with Gasteiger partial charge in [0.25, 0.3) is 0 Å². The third kappa shape index (κ3) is 4.35. The van der Waals surface area contributed by atoms with Gasteiger partial charge in [-0.1, -0.05) is 19.1 Å². The number of hydrogen-bond donors (Lipinski definition) is 1. The second-order valence-electron chi connectivity index (χ2n) is 5.28. The van der Waals surface area contributed by atoms with Crippen LogP contribution in [0.5, 0.6) is 5.75 Å². The molecule has 1 unspecified atom stereocenters. The van der Waals surface area contributed by atoms with Crippen LogP contribution in [-0.4, -0.2) is 35.4 Å². The first-order valence-corrected chi connectivity index (χ1v) is 6.54. The summed E-state index contributed by atoms with van der Waals surface area (Å²) in [6, 6.07) is 5.83. The molecule has 4 nitrogen and oxygen atoms in total. The molecule has 0 aromatic heterocycles. The van der Waals surface area contributed by atoms with Gasteiger partial charge in [-0.15, -0.1) is 13.2 Å². The van der Waals surface area contributed by atoms with Gasteiger partial charge in [0.2, 0.25) is 0 Å². The largest absolute Gasteiger partial charge is 0.573 e. The lowest BCUT2D eigenvalue weighted by atomic mass is 9.87.